The molecule has 19 heavy (non-hydrogen) atoms. The SMILES string of the molecule is O=C(O)c1nc(-c2ccc(F)cc2)oc1C(F)(F)F. The van der Waals surface area contributed by atoms with E-state index in [0.717, 1.165) is 24.3 Å². The first-order chi connectivity index (χ1) is 8.79. The van der Waals surface area contributed by atoms with Crippen molar-refractivity contribution in [1.29, 1.82) is 0 Å². The lowest BCUT2D eigenvalue weighted by atomic mass is 10.2. The van der Waals surface area contributed by atoms with E-state index in [2.05, 4.69) is 9.40 Å². The zero-order valence-electron chi connectivity index (χ0n) is 9.03. The van der Waals surface area contributed by atoms with Crippen molar-refractivity contribution < 1.29 is 31.9 Å². The molecule has 100 valence electrons. The van der Waals surface area contributed by atoms with Crippen LogP contribution in [0.1, 0.15) is 16.2 Å². The molecule has 0 amide bonds. The van der Waals surface area contributed by atoms with E-state index >= 15 is 0 Å². The van der Waals surface area contributed by atoms with Crippen LogP contribution in [0.25, 0.3) is 11.5 Å². The maximum atomic E-state index is 12.7. The summed E-state index contributed by atoms with van der Waals surface area (Å²) < 4.78 is 54.7. The van der Waals surface area contributed by atoms with Crippen molar-refractivity contribution >= 4 is 5.97 Å². The Kier molecular flexibility index (Phi) is 3.01. The molecule has 0 radical (unpaired) electrons. The van der Waals surface area contributed by atoms with Crippen LogP contribution in [-0.4, -0.2) is 16.1 Å². The lowest BCUT2D eigenvalue weighted by Gasteiger charge is -2.01. The first kappa shape index (κ1) is 13.1. The van der Waals surface area contributed by atoms with Crippen molar-refractivity contribution in [2.45, 2.75) is 6.18 Å². The summed E-state index contributed by atoms with van der Waals surface area (Å²) in [5.74, 6) is -4.68. The number of hydrogen-bond acceptors (Lipinski definition) is 3. The Morgan fingerprint density at radius 3 is 2.21 bits per heavy atom. The molecule has 1 aromatic carbocycles. The lowest BCUT2D eigenvalue weighted by Crippen LogP contribution is -2.10. The van der Waals surface area contributed by atoms with Crippen molar-refractivity contribution in [2.75, 3.05) is 0 Å². The van der Waals surface area contributed by atoms with E-state index in [1.165, 1.54) is 0 Å². The number of rotatable bonds is 2. The van der Waals surface area contributed by atoms with Gasteiger partial charge in [-0.15, -0.1) is 0 Å². The van der Waals surface area contributed by atoms with Crippen LogP contribution in [0.3, 0.4) is 0 Å². The van der Waals surface area contributed by atoms with Crippen LogP contribution in [0, 0.1) is 5.82 Å². The van der Waals surface area contributed by atoms with Gasteiger partial charge >= 0.3 is 12.1 Å². The smallest absolute Gasteiger partial charge is 0.452 e. The number of alkyl halides is 3. The minimum atomic E-state index is -4.97. The van der Waals surface area contributed by atoms with Gasteiger partial charge in [-0.1, -0.05) is 0 Å². The molecule has 2 aromatic rings. The molecule has 0 spiro atoms. The van der Waals surface area contributed by atoms with Gasteiger partial charge in [0.25, 0.3) is 0 Å². The van der Waals surface area contributed by atoms with Gasteiger partial charge in [-0.3, -0.25) is 0 Å². The first-order valence-corrected chi connectivity index (χ1v) is 4.86. The fraction of sp³-hybridized carbons (Fsp3) is 0.0909. The largest absolute Gasteiger partial charge is 0.476 e. The zero-order valence-corrected chi connectivity index (χ0v) is 9.03. The third-order valence-electron chi connectivity index (χ3n) is 2.18. The average molecular weight is 275 g/mol. The van der Waals surface area contributed by atoms with E-state index in [0.29, 0.717) is 0 Å². The summed E-state index contributed by atoms with van der Waals surface area (Å²) in [6.07, 6.45) is -4.97. The van der Waals surface area contributed by atoms with Gasteiger partial charge in [0.1, 0.15) is 5.82 Å². The van der Waals surface area contributed by atoms with E-state index in [4.69, 9.17) is 5.11 Å². The number of carboxylic acids is 1. The predicted molar refractivity (Wildman–Crippen MR) is 53.9 cm³/mol. The molecular formula is C11H5F4NO3. The van der Waals surface area contributed by atoms with Gasteiger partial charge in [-0.25, -0.2) is 14.2 Å². The van der Waals surface area contributed by atoms with Gasteiger partial charge in [0.05, 0.1) is 0 Å². The molecule has 4 nitrogen and oxygen atoms in total. The second-order valence-electron chi connectivity index (χ2n) is 3.51. The Balaban J connectivity index is 2.55. The van der Waals surface area contributed by atoms with Crippen molar-refractivity contribution in [1.82, 2.24) is 4.98 Å². The van der Waals surface area contributed by atoms with Gasteiger partial charge in [0.2, 0.25) is 11.7 Å². The molecular weight excluding hydrogens is 270 g/mol. The molecule has 1 heterocycles. The van der Waals surface area contributed by atoms with Crippen LogP contribution in [0.5, 0.6) is 0 Å². The van der Waals surface area contributed by atoms with Gasteiger partial charge in [-0.05, 0) is 24.3 Å². The van der Waals surface area contributed by atoms with Crippen LogP contribution in [0.2, 0.25) is 0 Å². The van der Waals surface area contributed by atoms with Crippen LogP contribution < -0.4 is 0 Å². The highest BCUT2D eigenvalue weighted by molar-refractivity contribution is 5.87. The molecule has 0 aliphatic rings. The maximum Gasteiger partial charge on any atom is 0.452 e. The van der Waals surface area contributed by atoms with Crippen molar-refractivity contribution in [3.05, 3.63) is 41.5 Å². The van der Waals surface area contributed by atoms with Gasteiger partial charge in [-0.2, -0.15) is 13.2 Å². The molecule has 0 unspecified atom stereocenters. The molecule has 2 rings (SSSR count). The zero-order chi connectivity index (χ0) is 14.2. The predicted octanol–water partition coefficient (Wildman–Crippen LogP) is 3.20. The highest BCUT2D eigenvalue weighted by Crippen LogP contribution is 2.35. The quantitative estimate of drug-likeness (QED) is 0.855. The molecule has 0 aliphatic heterocycles. The molecule has 0 atom stereocenters. The van der Waals surface area contributed by atoms with E-state index in [9.17, 15) is 22.4 Å². The number of hydrogen-bond donors (Lipinski definition) is 1. The molecule has 1 aromatic heterocycles. The summed E-state index contributed by atoms with van der Waals surface area (Å²) in [6.45, 7) is 0. The van der Waals surface area contributed by atoms with E-state index < -0.39 is 35.3 Å². The monoisotopic (exact) mass is 275 g/mol. The minimum Gasteiger partial charge on any atom is -0.476 e. The van der Waals surface area contributed by atoms with Crippen LogP contribution in [0.4, 0.5) is 17.6 Å². The number of oxazole rings is 1. The molecule has 0 fully saturated rings. The number of aromatic carboxylic acids is 1. The number of aromatic nitrogens is 1. The molecule has 1 N–H and O–H groups in total. The van der Waals surface area contributed by atoms with Gasteiger partial charge < -0.3 is 9.52 Å². The summed E-state index contributed by atoms with van der Waals surface area (Å²) in [5, 5.41) is 8.65. The minimum absolute atomic E-state index is 0.0411. The Bertz CT molecular complexity index is 616. The Labute approximate surface area is 103 Å². The normalized spacial score (nSPS) is 11.6. The lowest BCUT2D eigenvalue weighted by molar-refractivity contribution is -0.153. The molecule has 0 saturated heterocycles. The highest BCUT2D eigenvalue weighted by atomic mass is 19.4. The number of benzene rings is 1. The molecule has 0 bridgehead atoms. The Hall–Kier alpha value is -2.38. The van der Waals surface area contributed by atoms with Crippen molar-refractivity contribution in [2.24, 2.45) is 0 Å². The van der Waals surface area contributed by atoms with Crippen molar-refractivity contribution in [3.63, 3.8) is 0 Å². The third-order valence-corrected chi connectivity index (χ3v) is 2.18. The Morgan fingerprint density at radius 2 is 1.79 bits per heavy atom. The first-order valence-electron chi connectivity index (χ1n) is 4.86. The van der Waals surface area contributed by atoms with Crippen LogP contribution in [0.15, 0.2) is 28.7 Å². The van der Waals surface area contributed by atoms with E-state index in [1.54, 1.807) is 0 Å². The number of nitrogens with zero attached hydrogens (tertiary/aromatic N) is 1. The Morgan fingerprint density at radius 1 is 1.21 bits per heavy atom. The third kappa shape index (κ3) is 2.56. The summed E-state index contributed by atoms with van der Waals surface area (Å²) in [4.78, 5) is 14.0. The number of halogens is 4. The fourth-order valence-corrected chi connectivity index (χ4v) is 1.37. The standard InChI is InChI=1S/C11H5F4NO3/c12-6-3-1-5(2-4-6)9-16-7(10(17)18)8(19-9)11(13,14)15/h1-4H,(H,17,18). The second-order valence-corrected chi connectivity index (χ2v) is 3.51. The van der Waals surface area contributed by atoms with Crippen LogP contribution in [-0.2, 0) is 6.18 Å². The fourth-order valence-electron chi connectivity index (χ4n) is 1.37. The van der Waals surface area contributed by atoms with Gasteiger partial charge in [0.15, 0.2) is 5.69 Å². The average Bonchev–Trinajstić information content (AvgIpc) is 2.74. The van der Waals surface area contributed by atoms with Gasteiger partial charge in [0, 0.05) is 5.56 Å². The molecule has 0 aliphatic carbocycles. The maximum absolute atomic E-state index is 12.7. The topological polar surface area (TPSA) is 63.3 Å². The van der Waals surface area contributed by atoms with E-state index in [1.807, 2.05) is 0 Å². The van der Waals surface area contributed by atoms with Crippen LogP contribution >= 0.6 is 0 Å². The number of carboxylic acid groups (broad SMARTS) is 1. The summed E-state index contributed by atoms with van der Waals surface area (Å²) >= 11 is 0. The van der Waals surface area contributed by atoms with E-state index in [-0.39, 0.29) is 5.56 Å². The second kappa shape index (κ2) is 4.38. The summed E-state index contributed by atoms with van der Waals surface area (Å²) in [7, 11) is 0. The highest BCUT2D eigenvalue weighted by Gasteiger charge is 2.42. The molecule has 8 heteroatoms. The number of carbonyl (C=O) groups is 1. The van der Waals surface area contributed by atoms with Crippen molar-refractivity contribution in [3.8, 4) is 11.5 Å². The summed E-state index contributed by atoms with van der Waals surface area (Å²) in [5.41, 5.74) is -1.19. The molecule has 0 saturated carbocycles. The summed E-state index contributed by atoms with van der Waals surface area (Å²) in [6, 6.07) is 4.25.